The van der Waals surface area contributed by atoms with Crippen molar-refractivity contribution in [1.29, 1.82) is 0 Å². The number of hydrazone groups is 1. The Balaban J connectivity index is 1.85. The van der Waals surface area contributed by atoms with Crippen LogP contribution in [0, 0.1) is 10.1 Å². The Bertz CT molecular complexity index is 1370. The summed E-state index contributed by atoms with van der Waals surface area (Å²) < 4.78 is 0. The molecule has 11 heteroatoms. The third kappa shape index (κ3) is 7.64. The number of nitro benzene ring substituents is 1. The number of halogens is 2. The van der Waals surface area contributed by atoms with E-state index >= 15 is 0 Å². The van der Waals surface area contributed by atoms with Crippen molar-refractivity contribution in [1.82, 2.24) is 10.7 Å². The molecule has 0 radical (unpaired) electrons. The van der Waals surface area contributed by atoms with Crippen molar-refractivity contribution in [2.45, 2.75) is 13.8 Å². The fourth-order valence-electron chi connectivity index (χ4n) is 3.45. The smallest absolute Gasteiger partial charge is 0.287 e. The number of anilines is 1. The predicted molar refractivity (Wildman–Crippen MR) is 151 cm³/mol. The first-order chi connectivity index (χ1) is 18.2. The highest BCUT2D eigenvalue weighted by molar-refractivity contribution is 6.36. The molecule has 3 aromatic carbocycles. The topological polar surface area (TPSA) is 117 Å². The third-order valence-corrected chi connectivity index (χ3v) is 6.06. The molecule has 0 bridgehead atoms. The van der Waals surface area contributed by atoms with E-state index in [1.54, 1.807) is 18.2 Å². The van der Waals surface area contributed by atoms with Crippen LogP contribution in [-0.2, 0) is 4.79 Å². The lowest BCUT2D eigenvalue weighted by Gasteiger charge is -2.20. The van der Waals surface area contributed by atoms with Crippen molar-refractivity contribution in [3.8, 4) is 0 Å². The Labute approximate surface area is 229 Å². The van der Waals surface area contributed by atoms with Gasteiger partial charge in [0.05, 0.1) is 16.2 Å². The first kappa shape index (κ1) is 28.4. The van der Waals surface area contributed by atoms with Crippen LogP contribution in [0.25, 0.3) is 6.08 Å². The number of hydrogen-bond donors (Lipinski definition) is 2. The van der Waals surface area contributed by atoms with E-state index in [4.69, 9.17) is 23.2 Å². The van der Waals surface area contributed by atoms with Gasteiger partial charge in [0.25, 0.3) is 17.5 Å². The standard InChI is InChI=1S/C27H25Cl2N5O4/c1-3-33(4-2)22-11-5-18(6-12-22)15-25(31-26(35)19-8-13-23(14-9-19)34(37)38)27(36)32-30-17-20-7-10-21(28)16-24(20)29/h5-17H,3-4H2,1-2H3,(H,31,35)(H,32,36)/b25-15+,30-17-. The number of amides is 2. The van der Waals surface area contributed by atoms with Crippen LogP contribution in [0.4, 0.5) is 11.4 Å². The molecule has 0 aliphatic rings. The van der Waals surface area contributed by atoms with Gasteiger partial charge in [-0.25, -0.2) is 5.43 Å². The summed E-state index contributed by atoms with van der Waals surface area (Å²) >= 11 is 12.0. The molecule has 0 saturated heterocycles. The highest BCUT2D eigenvalue weighted by atomic mass is 35.5. The van der Waals surface area contributed by atoms with Crippen molar-refractivity contribution in [3.63, 3.8) is 0 Å². The van der Waals surface area contributed by atoms with Crippen molar-refractivity contribution < 1.29 is 14.5 Å². The molecule has 0 fully saturated rings. The zero-order valence-electron chi connectivity index (χ0n) is 20.7. The van der Waals surface area contributed by atoms with Crippen LogP contribution in [0.2, 0.25) is 10.0 Å². The molecule has 0 aliphatic carbocycles. The highest BCUT2D eigenvalue weighted by Gasteiger charge is 2.16. The SMILES string of the molecule is CCN(CC)c1ccc(/C=C(/NC(=O)c2ccc([N+](=O)[O-])cc2)C(=O)N/N=C\c2ccc(Cl)cc2Cl)cc1. The minimum absolute atomic E-state index is 0.0803. The van der Waals surface area contributed by atoms with Gasteiger partial charge in [0.1, 0.15) is 5.70 Å². The molecule has 0 aliphatic heterocycles. The van der Waals surface area contributed by atoms with Crippen molar-refractivity contribution >= 4 is 58.7 Å². The molecular weight excluding hydrogens is 529 g/mol. The zero-order valence-corrected chi connectivity index (χ0v) is 22.2. The first-order valence-corrected chi connectivity index (χ1v) is 12.4. The number of rotatable bonds is 10. The second kappa shape index (κ2) is 13.4. The van der Waals surface area contributed by atoms with Gasteiger partial charge in [-0.05, 0) is 61.9 Å². The van der Waals surface area contributed by atoms with Crippen LogP contribution < -0.4 is 15.6 Å². The van der Waals surface area contributed by atoms with E-state index in [2.05, 4.69) is 34.6 Å². The van der Waals surface area contributed by atoms with E-state index in [0.717, 1.165) is 18.8 Å². The maximum atomic E-state index is 13.0. The van der Waals surface area contributed by atoms with Crippen LogP contribution in [0.3, 0.4) is 0 Å². The summed E-state index contributed by atoms with van der Waals surface area (Å²) in [6.07, 6.45) is 2.86. The van der Waals surface area contributed by atoms with E-state index in [-0.39, 0.29) is 16.9 Å². The molecular formula is C27H25Cl2N5O4. The second-order valence-electron chi connectivity index (χ2n) is 7.94. The average molecular weight is 554 g/mol. The van der Waals surface area contributed by atoms with Gasteiger partial charge in [0.15, 0.2) is 0 Å². The number of nitrogens with zero attached hydrogens (tertiary/aromatic N) is 3. The largest absolute Gasteiger partial charge is 0.372 e. The number of non-ortho nitro benzene ring substituents is 1. The average Bonchev–Trinajstić information content (AvgIpc) is 2.91. The summed E-state index contributed by atoms with van der Waals surface area (Å²) in [5, 5.41) is 18.2. The number of benzene rings is 3. The summed E-state index contributed by atoms with van der Waals surface area (Å²) in [6.45, 7) is 5.82. The molecule has 0 unspecified atom stereocenters. The van der Waals surface area contributed by atoms with Crippen molar-refractivity contribution in [3.05, 3.63) is 109 Å². The Hall–Kier alpha value is -4.21. The Morgan fingerprint density at radius 1 is 1.00 bits per heavy atom. The maximum Gasteiger partial charge on any atom is 0.287 e. The van der Waals surface area contributed by atoms with Crippen molar-refractivity contribution in [2.75, 3.05) is 18.0 Å². The second-order valence-corrected chi connectivity index (χ2v) is 8.79. The number of nitro groups is 1. The summed E-state index contributed by atoms with van der Waals surface area (Å²) in [5.74, 6) is -1.31. The molecule has 2 N–H and O–H groups in total. The molecule has 2 amide bonds. The zero-order chi connectivity index (χ0) is 27.7. The van der Waals surface area contributed by atoms with Gasteiger partial charge in [-0.1, -0.05) is 41.4 Å². The van der Waals surface area contributed by atoms with E-state index in [1.165, 1.54) is 36.6 Å². The molecule has 0 aromatic heterocycles. The number of hydrogen-bond acceptors (Lipinski definition) is 6. The fourth-order valence-corrected chi connectivity index (χ4v) is 3.91. The van der Waals surface area contributed by atoms with Gasteiger partial charge >= 0.3 is 0 Å². The van der Waals surface area contributed by atoms with E-state index < -0.39 is 16.7 Å². The molecule has 0 heterocycles. The summed E-state index contributed by atoms with van der Waals surface area (Å²) in [7, 11) is 0. The number of nitrogens with one attached hydrogen (secondary N) is 2. The number of carbonyl (C=O) groups is 2. The molecule has 0 spiro atoms. The quantitative estimate of drug-likeness (QED) is 0.145. The minimum atomic E-state index is -0.686. The van der Waals surface area contributed by atoms with E-state index in [9.17, 15) is 19.7 Å². The molecule has 0 saturated carbocycles. The van der Waals surface area contributed by atoms with E-state index in [1.807, 2.05) is 24.3 Å². The minimum Gasteiger partial charge on any atom is -0.372 e. The van der Waals surface area contributed by atoms with Crippen LogP contribution in [0.15, 0.2) is 77.5 Å². The van der Waals surface area contributed by atoms with Gasteiger partial charge in [-0.2, -0.15) is 5.10 Å². The van der Waals surface area contributed by atoms with Gasteiger partial charge in [0, 0.05) is 47.1 Å². The molecule has 3 aromatic rings. The van der Waals surface area contributed by atoms with Gasteiger partial charge in [-0.3, -0.25) is 19.7 Å². The van der Waals surface area contributed by atoms with Crippen LogP contribution in [0.5, 0.6) is 0 Å². The third-order valence-electron chi connectivity index (χ3n) is 5.50. The Kier molecular flexibility index (Phi) is 9.98. The van der Waals surface area contributed by atoms with Crippen molar-refractivity contribution in [2.24, 2.45) is 5.10 Å². The molecule has 38 heavy (non-hydrogen) atoms. The normalized spacial score (nSPS) is 11.3. The highest BCUT2D eigenvalue weighted by Crippen LogP contribution is 2.20. The van der Waals surface area contributed by atoms with Gasteiger partial charge < -0.3 is 10.2 Å². The van der Waals surface area contributed by atoms with Crippen LogP contribution >= 0.6 is 23.2 Å². The molecule has 9 nitrogen and oxygen atoms in total. The molecule has 0 atom stereocenters. The lowest BCUT2D eigenvalue weighted by Crippen LogP contribution is -2.32. The fraction of sp³-hybridized carbons (Fsp3) is 0.148. The molecule has 196 valence electrons. The summed E-state index contributed by atoms with van der Waals surface area (Å²) in [4.78, 5) is 38.4. The van der Waals surface area contributed by atoms with E-state index in [0.29, 0.717) is 21.2 Å². The van der Waals surface area contributed by atoms with Crippen LogP contribution in [0.1, 0.15) is 35.3 Å². The van der Waals surface area contributed by atoms with Crippen LogP contribution in [-0.4, -0.2) is 36.0 Å². The maximum absolute atomic E-state index is 13.0. The molecule has 3 rings (SSSR count). The van der Waals surface area contributed by atoms with Gasteiger partial charge in [-0.15, -0.1) is 0 Å². The Morgan fingerprint density at radius 2 is 1.66 bits per heavy atom. The first-order valence-electron chi connectivity index (χ1n) is 11.6. The summed E-state index contributed by atoms with van der Waals surface area (Å²) in [5.41, 5.74) is 4.51. The lowest BCUT2D eigenvalue weighted by molar-refractivity contribution is -0.384. The predicted octanol–water partition coefficient (Wildman–Crippen LogP) is 5.67. The van der Waals surface area contributed by atoms with Gasteiger partial charge in [0.2, 0.25) is 0 Å². The summed E-state index contributed by atoms with van der Waals surface area (Å²) in [6, 6.07) is 17.4. The monoisotopic (exact) mass is 553 g/mol. The number of carbonyl (C=O) groups excluding carboxylic acids is 2. The Morgan fingerprint density at radius 3 is 2.24 bits per heavy atom. The lowest BCUT2D eigenvalue weighted by atomic mass is 10.1.